The molecule has 152 valence electrons. The van der Waals surface area contributed by atoms with E-state index in [-0.39, 0.29) is 17.4 Å². The molecule has 2 N–H and O–H groups in total. The van der Waals surface area contributed by atoms with Crippen molar-refractivity contribution < 1.29 is 4.39 Å². The fourth-order valence-corrected chi connectivity index (χ4v) is 4.87. The fourth-order valence-electron chi connectivity index (χ4n) is 4.87. The smallest absolute Gasteiger partial charge is 0.204 e. The molecule has 30 heavy (non-hydrogen) atoms. The van der Waals surface area contributed by atoms with Crippen molar-refractivity contribution in [3.05, 3.63) is 77.6 Å². The maximum atomic E-state index is 14.3. The molecule has 1 atom stereocenters. The summed E-state index contributed by atoms with van der Waals surface area (Å²) in [5.41, 5.74) is 3.25. The lowest BCUT2D eigenvalue weighted by Crippen LogP contribution is -2.41. The zero-order valence-electron chi connectivity index (χ0n) is 16.9. The van der Waals surface area contributed by atoms with Crippen LogP contribution in [0.4, 0.5) is 4.39 Å². The van der Waals surface area contributed by atoms with Crippen LogP contribution in [0.2, 0.25) is 0 Å². The molecule has 1 fully saturated rings. The second-order valence-electron chi connectivity index (χ2n) is 8.15. The molecule has 0 saturated heterocycles. The summed E-state index contributed by atoms with van der Waals surface area (Å²) in [6.45, 7) is 2.17. The molecular weight excluding hydrogens is 377 g/mol. The predicted octanol–water partition coefficient (Wildman–Crippen LogP) is 5.28. The van der Waals surface area contributed by atoms with Gasteiger partial charge in [-0.25, -0.2) is 4.39 Å². The highest BCUT2D eigenvalue weighted by Gasteiger charge is 2.37. The lowest BCUT2D eigenvalue weighted by Gasteiger charge is -2.35. The van der Waals surface area contributed by atoms with Crippen LogP contribution < -0.4 is 5.32 Å². The number of hydrogen-bond donors (Lipinski definition) is 2. The standard InChI is InChI=1S/C24H24FN5/c1-16(19-12-13-22(25)21-7-3-2-6-20(19)21)26-24(14-4-5-15-24)18-10-8-17(9-11-18)23-27-29-30-28-23/h2-3,6-13,16,26H,4-5,14-15H2,1H3,(H,27,28,29,30)/t16-/m1/s1. The molecule has 0 spiro atoms. The molecular formula is C24H24FN5. The van der Waals surface area contributed by atoms with Crippen molar-refractivity contribution in [2.24, 2.45) is 0 Å². The SMILES string of the molecule is C[C@@H](NC1(c2ccc(-c3nn[nH]n3)cc2)CCCC1)c1ccc(F)c2ccccc12. The first kappa shape index (κ1) is 18.9. The van der Waals surface area contributed by atoms with E-state index in [2.05, 4.69) is 57.1 Å². The largest absolute Gasteiger partial charge is 0.301 e. The van der Waals surface area contributed by atoms with E-state index in [1.54, 1.807) is 6.07 Å². The number of H-pyrrole nitrogens is 1. The van der Waals surface area contributed by atoms with E-state index in [0.717, 1.165) is 29.4 Å². The molecule has 6 heteroatoms. The summed E-state index contributed by atoms with van der Waals surface area (Å²) >= 11 is 0. The molecule has 5 rings (SSSR count). The molecule has 1 saturated carbocycles. The number of hydrogen-bond acceptors (Lipinski definition) is 4. The van der Waals surface area contributed by atoms with E-state index in [1.165, 1.54) is 18.4 Å². The minimum Gasteiger partial charge on any atom is -0.301 e. The second-order valence-corrected chi connectivity index (χ2v) is 8.15. The molecule has 1 heterocycles. The van der Waals surface area contributed by atoms with Gasteiger partial charge in [-0.3, -0.25) is 0 Å². The van der Waals surface area contributed by atoms with Crippen LogP contribution in [0.25, 0.3) is 22.2 Å². The summed E-state index contributed by atoms with van der Waals surface area (Å²) in [4.78, 5) is 0. The lowest BCUT2D eigenvalue weighted by molar-refractivity contribution is 0.306. The monoisotopic (exact) mass is 401 g/mol. The minimum absolute atomic E-state index is 0.0884. The number of tetrazole rings is 1. The number of aromatic nitrogens is 4. The number of benzene rings is 3. The molecule has 1 aliphatic rings. The normalized spacial score (nSPS) is 16.7. The number of nitrogens with one attached hydrogen (secondary N) is 2. The summed E-state index contributed by atoms with van der Waals surface area (Å²) < 4.78 is 14.3. The number of nitrogens with zero attached hydrogens (tertiary/aromatic N) is 3. The summed E-state index contributed by atoms with van der Waals surface area (Å²) in [6, 6.07) is 19.7. The Morgan fingerprint density at radius 2 is 1.70 bits per heavy atom. The zero-order valence-corrected chi connectivity index (χ0v) is 16.9. The topological polar surface area (TPSA) is 66.5 Å². The highest BCUT2D eigenvalue weighted by Crippen LogP contribution is 2.41. The van der Waals surface area contributed by atoms with Gasteiger partial charge in [-0.2, -0.15) is 5.21 Å². The number of halogens is 1. The van der Waals surface area contributed by atoms with Gasteiger partial charge in [0, 0.05) is 22.5 Å². The van der Waals surface area contributed by atoms with Gasteiger partial charge in [0.1, 0.15) is 5.82 Å². The van der Waals surface area contributed by atoms with Crippen molar-refractivity contribution in [1.29, 1.82) is 0 Å². The Kier molecular flexibility index (Phi) is 4.79. The third kappa shape index (κ3) is 3.27. The van der Waals surface area contributed by atoms with Gasteiger partial charge >= 0.3 is 0 Å². The van der Waals surface area contributed by atoms with Gasteiger partial charge < -0.3 is 5.32 Å². The molecule has 0 aliphatic heterocycles. The first-order valence-corrected chi connectivity index (χ1v) is 10.5. The van der Waals surface area contributed by atoms with Gasteiger partial charge in [0.15, 0.2) is 0 Å². The summed E-state index contributed by atoms with van der Waals surface area (Å²) in [6.07, 6.45) is 4.54. The van der Waals surface area contributed by atoms with E-state index < -0.39 is 0 Å². The van der Waals surface area contributed by atoms with Crippen LogP contribution >= 0.6 is 0 Å². The molecule has 3 aromatic carbocycles. The average molecular weight is 401 g/mol. The minimum atomic E-state index is -0.172. The third-order valence-corrected chi connectivity index (χ3v) is 6.36. The molecule has 5 nitrogen and oxygen atoms in total. The predicted molar refractivity (Wildman–Crippen MR) is 115 cm³/mol. The summed E-state index contributed by atoms with van der Waals surface area (Å²) in [7, 11) is 0. The van der Waals surface area contributed by atoms with Crippen molar-refractivity contribution in [2.75, 3.05) is 0 Å². The quantitative estimate of drug-likeness (QED) is 0.477. The van der Waals surface area contributed by atoms with Crippen molar-refractivity contribution >= 4 is 10.8 Å². The van der Waals surface area contributed by atoms with Crippen molar-refractivity contribution in [2.45, 2.75) is 44.2 Å². The Bertz CT molecular complexity index is 1150. The van der Waals surface area contributed by atoms with Gasteiger partial charge in [-0.15, -0.1) is 10.2 Å². The molecule has 1 aliphatic carbocycles. The average Bonchev–Trinajstić information content (AvgIpc) is 3.47. The first-order valence-electron chi connectivity index (χ1n) is 10.5. The Hall–Kier alpha value is -3.12. The van der Waals surface area contributed by atoms with E-state index in [9.17, 15) is 4.39 Å². The molecule has 0 radical (unpaired) electrons. The number of fused-ring (bicyclic) bond motifs is 1. The maximum Gasteiger partial charge on any atom is 0.204 e. The van der Waals surface area contributed by atoms with Gasteiger partial charge in [0.05, 0.1) is 0 Å². The maximum absolute atomic E-state index is 14.3. The molecule has 0 amide bonds. The molecule has 0 bridgehead atoms. The van der Waals surface area contributed by atoms with Crippen LogP contribution in [0.1, 0.15) is 49.8 Å². The summed E-state index contributed by atoms with van der Waals surface area (Å²) in [5.74, 6) is 0.426. The Morgan fingerprint density at radius 1 is 0.967 bits per heavy atom. The van der Waals surface area contributed by atoms with E-state index >= 15 is 0 Å². The van der Waals surface area contributed by atoms with E-state index in [4.69, 9.17) is 0 Å². The highest BCUT2D eigenvalue weighted by atomic mass is 19.1. The van der Waals surface area contributed by atoms with Crippen LogP contribution in [0.5, 0.6) is 0 Å². The van der Waals surface area contributed by atoms with E-state index in [1.807, 2.05) is 30.3 Å². The van der Waals surface area contributed by atoms with Crippen LogP contribution in [0.15, 0.2) is 60.7 Å². The zero-order chi connectivity index (χ0) is 20.6. The molecule has 1 aromatic heterocycles. The Morgan fingerprint density at radius 3 is 2.40 bits per heavy atom. The number of aromatic amines is 1. The van der Waals surface area contributed by atoms with Crippen molar-refractivity contribution in [3.8, 4) is 11.4 Å². The molecule has 4 aromatic rings. The van der Waals surface area contributed by atoms with Crippen LogP contribution in [-0.4, -0.2) is 20.6 Å². The van der Waals surface area contributed by atoms with Gasteiger partial charge in [-0.1, -0.05) is 67.4 Å². The van der Waals surface area contributed by atoms with Crippen molar-refractivity contribution in [3.63, 3.8) is 0 Å². The van der Waals surface area contributed by atoms with Gasteiger partial charge in [0.2, 0.25) is 5.82 Å². The van der Waals surface area contributed by atoms with Crippen LogP contribution in [-0.2, 0) is 5.54 Å². The second kappa shape index (κ2) is 7.61. The highest BCUT2D eigenvalue weighted by molar-refractivity contribution is 5.86. The van der Waals surface area contributed by atoms with Gasteiger partial charge in [-0.05, 0) is 47.6 Å². The summed E-state index contributed by atoms with van der Waals surface area (Å²) in [5, 5.41) is 19.8. The van der Waals surface area contributed by atoms with Gasteiger partial charge in [0.25, 0.3) is 0 Å². The Balaban J connectivity index is 1.48. The first-order chi connectivity index (χ1) is 14.7. The molecule has 0 unspecified atom stereocenters. The van der Waals surface area contributed by atoms with Crippen LogP contribution in [0, 0.1) is 5.82 Å². The third-order valence-electron chi connectivity index (χ3n) is 6.36. The van der Waals surface area contributed by atoms with Crippen LogP contribution in [0.3, 0.4) is 0 Å². The van der Waals surface area contributed by atoms with E-state index in [0.29, 0.717) is 11.2 Å². The fraction of sp³-hybridized carbons (Fsp3) is 0.292. The lowest BCUT2D eigenvalue weighted by atomic mass is 9.85. The number of rotatable bonds is 5. The van der Waals surface area contributed by atoms with Crippen molar-refractivity contribution in [1.82, 2.24) is 25.9 Å². The Labute approximate surface area is 174 Å².